The van der Waals surface area contributed by atoms with E-state index in [-0.39, 0.29) is 17.0 Å². The molecule has 0 amide bonds. The van der Waals surface area contributed by atoms with Gasteiger partial charge in [0.2, 0.25) is 0 Å². The molecule has 1 unspecified atom stereocenters. The van der Waals surface area contributed by atoms with Gasteiger partial charge in [0.1, 0.15) is 5.82 Å². The summed E-state index contributed by atoms with van der Waals surface area (Å²) in [4.78, 5) is 0. The van der Waals surface area contributed by atoms with Crippen LogP contribution < -0.4 is 5.73 Å². The molecule has 0 aliphatic heterocycles. The smallest absolute Gasteiger partial charge is 0.159 e. The molecular formula is C14H11ClF3N. The van der Waals surface area contributed by atoms with Crippen molar-refractivity contribution in [1.29, 1.82) is 0 Å². The molecule has 1 nitrogen and oxygen atoms in total. The fourth-order valence-corrected chi connectivity index (χ4v) is 2.19. The van der Waals surface area contributed by atoms with Gasteiger partial charge < -0.3 is 5.73 Å². The summed E-state index contributed by atoms with van der Waals surface area (Å²) in [6, 6.07) is 7.01. The lowest BCUT2D eigenvalue weighted by molar-refractivity contribution is 0.505. The van der Waals surface area contributed by atoms with Crippen molar-refractivity contribution in [3.63, 3.8) is 0 Å². The third-order valence-corrected chi connectivity index (χ3v) is 3.14. The fraction of sp³-hybridized carbons (Fsp3) is 0.143. The van der Waals surface area contributed by atoms with Gasteiger partial charge in [0.15, 0.2) is 11.6 Å². The molecule has 2 aromatic carbocycles. The van der Waals surface area contributed by atoms with E-state index in [0.29, 0.717) is 5.56 Å². The summed E-state index contributed by atoms with van der Waals surface area (Å²) >= 11 is 5.89. The molecule has 0 fully saturated rings. The average Bonchev–Trinajstić information content (AvgIpc) is 2.33. The highest BCUT2D eigenvalue weighted by atomic mass is 35.5. The van der Waals surface area contributed by atoms with Gasteiger partial charge in [0, 0.05) is 16.6 Å². The zero-order valence-corrected chi connectivity index (χ0v) is 10.6. The monoisotopic (exact) mass is 285 g/mol. The zero-order valence-electron chi connectivity index (χ0n) is 9.84. The molecule has 0 aromatic heterocycles. The Kier molecular flexibility index (Phi) is 4.12. The van der Waals surface area contributed by atoms with Crippen molar-refractivity contribution in [1.82, 2.24) is 0 Å². The van der Waals surface area contributed by atoms with Crippen LogP contribution in [0.3, 0.4) is 0 Å². The Morgan fingerprint density at radius 3 is 2.37 bits per heavy atom. The van der Waals surface area contributed by atoms with Gasteiger partial charge >= 0.3 is 0 Å². The number of hydrogen-bond acceptors (Lipinski definition) is 1. The van der Waals surface area contributed by atoms with E-state index in [1.165, 1.54) is 24.3 Å². The molecule has 2 N–H and O–H groups in total. The van der Waals surface area contributed by atoms with E-state index < -0.39 is 23.5 Å². The molecular weight excluding hydrogens is 275 g/mol. The summed E-state index contributed by atoms with van der Waals surface area (Å²) in [5, 5.41) is 0.218. The van der Waals surface area contributed by atoms with Crippen molar-refractivity contribution >= 4 is 11.6 Å². The van der Waals surface area contributed by atoms with E-state index in [1.807, 2.05) is 0 Å². The van der Waals surface area contributed by atoms with Gasteiger partial charge in [-0.3, -0.25) is 0 Å². The van der Waals surface area contributed by atoms with E-state index in [1.54, 1.807) is 0 Å². The Morgan fingerprint density at radius 2 is 1.74 bits per heavy atom. The van der Waals surface area contributed by atoms with Crippen LogP contribution in [0.5, 0.6) is 0 Å². The van der Waals surface area contributed by atoms with Crippen molar-refractivity contribution < 1.29 is 13.2 Å². The highest BCUT2D eigenvalue weighted by Gasteiger charge is 2.16. The Hall–Kier alpha value is -1.52. The fourth-order valence-electron chi connectivity index (χ4n) is 1.89. The van der Waals surface area contributed by atoms with Crippen molar-refractivity contribution in [2.75, 3.05) is 0 Å². The summed E-state index contributed by atoms with van der Waals surface area (Å²) in [5.74, 6) is -2.40. The van der Waals surface area contributed by atoms with Crippen LogP contribution in [-0.2, 0) is 6.42 Å². The predicted octanol–water partition coefficient (Wildman–Crippen LogP) is 4.00. The van der Waals surface area contributed by atoms with Gasteiger partial charge in [0.05, 0.1) is 0 Å². The maximum atomic E-state index is 13.6. The van der Waals surface area contributed by atoms with E-state index >= 15 is 0 Å². The number of hydrogen-bond donors (Lipinski definition) is 1. The van der Waals surface area contributed by atoms with Crippen LogP contribution >= 0.6 is 11.6 Å². The van der Waals surface area contributed by atoms with Crippen molar-refractivity contribution in [2.24, 2.45) is 5.73 Å². The minimum atomic E-state index is -0.954. The van der Waals surface area contributed by atoms with E-state index in [0.717, 1.165) is 12.1 Å². The van der Waals surface area contributed by atoms with E-state index in [4.69, 9.17) is 17.3 Å². The van der Waals surface area contributed by atoms with Gasteiger partial charge in [-0.2, -0.15) is 0 Å². The minimum absolute atomic E-state index is 0.165. The number of nitrogens with two attached hydrogens (primary N) is 1. The average molecular weight is 286 g/mol. The minimum Gasteiger partial charge on any atom is -0.324 e. The molecule has 0 spiro atoms. The third kappa shape index (κ3) is 3.08. The highest BCUT2D eigenvalue weighted by molar-refractivity contribution is 6.31. The van der Waals surface area contributed by atoms with Gasteiger partial charge in [-0.05, 0) is 36.2 Å². The molecule has 0 aliphatic carbocycles. The molecule has 1 atom stereocenters. The van der Waals surface area contributed by atoms with Crippen LogP contribution in [0.2, 0.25) is 5.02 Å². The number of halogens is 4. The molecule has 0 heterocycles. The Morgan fingerprint density at radius 1 is 1.00 bits per heavy atom. The lowest BCUT2D eigenvalue weighted by atomic mass is 9.99. The van der Waals surface area contributed by atoms with Gasteiger partial charge in [-0.15, -0.1) is 0 Å². The Balaban J connectivity index is 2.25. The van der Waals surface area contributed by atoms with Crippen molar-refractivity contribution in [3.05, 3.63) is 70.0 Å². The quantitative estimate of drug-likeness (QED) is 0.906. The third-order valence-electron chi connectivity index (χ3n) is 2.81. The summed E-state index contributed by atoms with van der Waals surface area (Å²) in [6.45, 7) is 0. The van der Waals surface area contributed by atoms with Crippen LogP contribution in [0.15, 0.2) is 36.4 Å². The molecule has 0 aliphatic rings. The van der Waals surface area contributed by atoms with Crippen molar-refractivity contribution in [3.8, 4) is 0 Å². The lowest BCUT2D eigenvalue weighted by Gasteiger charge is -2.14. The second kappa shape index (κ2) is 5.63. The summed E-state index contributed by atoms with van der Waals surface area (Å²) in [5.41, 5.74) is 6.53. The van der Waals surface area contributed by atoms with Gasteiger partial charge in [-0.1, -0.05) is 23.7 Å². The normalized spacial score (nSPS) is 12.5. The van der Waals surface area contributed by atoms with Crippen LogP contribution in [-0.4, -0.2) is 0 Å². The molecule has 0 saturated carbocycles. The zero-order chi connectivity index (χ0) is 14.0. The van der Waals surface area contributed by atoms with Crippen LogP contribution in [0.25, 0.3) is 0 Å². The van der Waals surface area contributed by atoms with Crippen LogP contribution in [0, 0.1) is 17.5 Å². The van der Waals surface area contributed by atoms with Gasteiger partial charge in [0.25, 0.3) is 0 Å². The highest BCUT2D eigenvalue weighted by Crippen LogP contribution is 2.27. The van der Waals surface area contributed by atoms with Crippen LogP contribution in [0.1, 0.15) is 17.2 Å². The van der Waals surface area contributed by atoms with E-state index in [2.05, 4.69) is 0 Å². The van der Waals surface area contributed by atoms with E-state index in [9.17, 15) is 13.2 Å². The maximum Gasteiger partial charge on any atom is 0.159 e. The molecule has 2 aromatic rings. The first-order valence-electron chi connectivity index (χ1n) is 5.62. The first-order chi connectivity index (χ1) is 8.99. The second-order valence-corrected chi connectivity index (χ2v) is 4.60. The topological polar surface area (TPSA) is 26.0 Å². The first-order valence-corrected chi connectivity index (χ1v) is 6.00. The summed E-state index contributed by atoms with van der Waals surface area (Å²) in [7, 11) is 0. The Labute approximate surface area is 113 Å². The lowest BCUT2D eigenvalue weighted by Crippen LogP contribution is -2.15. The summed E-state index contributed by atoms with van der Waals surface area (Å²) in [6.07, 6.45) is 0.165. The number of benzene rings is 2. The maximum absolute atomic E-state index is 13.6. The molecule has 2 rings (SSSR count). The molecule has 100 valence electrons. The molecule has 0 radical (unpaired) electrons. The van der Waals surface area contributed by atoms with Crippen LogP contribution in [0.4, 0.5) is 13.2 Å². The predicted molar refractivity (Wildman–Crippen MR) is 68.4 cm³/mol. The molecule has 0 bridgehead atoms. The first kappa shape index (κ1) is 13.9. The molecule has 0 saturated heterocycles. The van der Waals surface area contributed by atoms with Crippen molar-refractivity contribution in [2.45, 2.75) is 12.5 Å². The molecule has 5 heteroatoms. The van der Waals surface area contributed by atoms with Gasteiger partial charge in [-0.25, -0.2) is 13.2 Å². The standard InChI is InChI=1S/C14H11ClF3N/c15-9-2-1-3-11(17)14(9)13(19)7-8-4-5-10(16)12(18)6-8/h1-6,13H,7,19H2. The number of rotatable bonds is 3. The Bertz CT molecular complexity index is 581. The SMILES string of the molecule is NC(Cc1ccc(F)c(F)c1)c1c(F)cccc1Cl. The molecule has 19 heavy (non-hydrogen) atoms. The second-order valence-electron chi connectivity index (χ2n) is 4.19. The largest absolute Gasteiger partial charge is 0.324 e. The summed E-state index contributed by atoms with van der Waals surface area (Å²) < 4.78 is 39.5.